The Balaban J connectivity index is 3.08. The zero-order valence-corrected chi connectivity index (χ0v) is 8.92. The quantitative estimate of drug-likeness (QED) is 0.797. The minimum atomic E-state index is -0.203. The minimum Gasteiger partial charge on any atom is -0.329 e. The van der Waals surface area contributed by atoms with Gasteiger partial charge in [0, 0.05) is 12.6 Å². The normalized spacial score (nSPS) is 13.3. The highest BCUT2D eigenvalue weighted by molar-refractivity contribution is 5.29. The average Bonchev–Trinajstić information content (AvgIpc) is 2.11. The number of nitrogens with zero attached hydrogens (tertiary/aromatic N) is 1. The lowest BCUT2D eigenvalue weighted by molar-refractivity contribution is 0.304. The van der Waals surface area contributed by atoms with Crippen molar-refractivity contribution in [2.45, 2.75) is 13.0 Å². The zero-order chi connectivity index (χ0) is 10.7. The maximum absolute atomic E-state index is 13.0. The van der Waals surface area contributed by atoms with Crippen molar-refractivity contribution in [1.29, 1.82) is 0 Å². The van der Waals surface area contributed by atoms with Crippen molar-refractivity contribution in [3.8, 4) is 0 Å². The largest absolute Gasteiger partial charge is 0.329 e. The van der Waals surface area contributed by atoms with Crippen LogP contribution in [0.5, 0.6) is 0 Å². The molecule has 1 unspecified atom stereocenters. The number of aryl methyl sites for hydroxylation is 1. The first-order valence-corrected chi connectivity index (χ1v) is 4.68. The van der Waals surface area contributed by atoms with Crippen LogP contribution < -0.4 is 5.73 Å². The zero-order valence-electron chi connectivity index (χ0n) is 8.92. The Morgan fingerprint density at radius 3 is 2.57 bits per heavy atom. The number of nitrogens with two attached hydrogens (primary N) is 1. The second-order valence-corrected chi connectivity index (χ2v) is 3.72. The lowest BCUT2D eigenvalue weighted by atomic mass is 10.0. The van der Waals surface area contributed by atoms with Gasteiger partial charge in [0.2, 0.25) is 0 Å². The lowest BCUT2D eigenvalue weighted by Gasteiger charge is -2.24. The number of halogens is 1. The van der Waals surface area contributed by atoms with Crippen molar-refractivity contribution < 1.29 is 4.39 Å². The summed E-state index contributed by atoms with van der Waals surface area (Å²) in [6, 6.07) is 4.91. The van der Waals surface area contributed by atoms with Crippen LogP contribution in [0.2, 0.25) is 0 Å². The summed E-state index contributed by atoms with van der Waals surface area (Å²) in [5.41, 5.74) is 7.71. The molecule has 0 amide bonds. The first-order valence-electron chi connectivity index (χ1n) is 4.68. The molecule has 0 bridgehead atoms. The van der Waals surface area contributed by atoms with Gasteiger partial charge in [-0.05, 0) is 44.3 Å². The van der Waals surface area contributed by atoms with Crippen molar-refractivity contribution in [2.75, 3.05) is 20.6 Å². The van der Waals surface area contributed by atoms with E-state index in [2.05, 4.69) is 0 Å². The number of likely N-dealkylation sites (N-methyl/N-ethyl adjacent to an activating group) is 1. The van der Waals surface area contributed by atoms with E-state index >= 15 is 0 Å². The van der Waals surface area contributed by atoms with Gasteiger partial charge in [-0.15, -0.1) is 0 Å². The molecular formula is C11H17FN2. The Hall–Kier alpha value is -0.930. The first kappa shape index (κ1) is 11.1. The summed E-state index contributed by atoms with van der Waals surface area (Å²) in [7, 11) is 3.89. The van der Waals surface area contributed by atoms with Gasteiger partial charge in [-0.25, -0.2) is 4.39 Å². The number of rotatable bonds is 3. The summed E-state index contributed by atoms with van der Waals surface area (Å²) >= 11 is 0. The molecule has 0 aromatic heterocycles. The van der Waals surface area contributed by atoms with Gasteiger partial charge >= 0.3 is 0 Å². The van der Waals surface area contributed by atoms with Crippen LogP contribution in [0.4, 0.5) is 4.39 Å². The highest BCUT2D eigenvalue weighted by atomic mass is 19.1. The van der Waals surface area contributed by atoms with Crippen LogP contribution >= 0.6 is 0 Å². The highest BCUT2D eigenvalue weighted by Crippen LogP contribution is 2.21. The van der Waals surface area contributed by atoms with Gasteiger partial charge in [0.05, 0.1) is 0 Å². The van der Waals surface area contributed by atoms with E-state index < -0.39 is 0 Å². The van der Waals surface area contributed by atoms with Crippen molar-refractivity contribution in [3.63, 3.8) is 0 Å². The van der Waals surface area contributed by atoms with E-state index in [0.29, 0.717) is 6.54 Å². The van der Waals surface area contributed by atoms with E-state index in [4.69, 9.17) is 5.73 Å². The molecule has 0 heterocycles. The molecule has 2 N–H and O–H groups in total. The molecule has 2 nitrogen and oxygen atoms in total. The molecule has 0 aliphatic rings. The third kappa shape index (κ3) is 2.30. The predicted molar refractivity (Wildman–Crippen MR) is 56.6 cm³/mol. The summed E-state index contributed by atoms with van der Waals surface area (Å²) in [5, 5.41) is 0. The van der Waals surface area contributed by atoms with Crippen LogP contribution in [0, 0.1) is 12.7 Å². The van der Waals surface area contributed by atoms with Crippen molar-refractivity contribution in [3.05, 3.63) is 35.1 Å². The van der Waals surface area contributed by atoms with E-state index in [1.165, 1.54) is 6.07 Å². The third-order valence-corrected chi connectivity index (χ3v) is 2.45. The molecule has 0 saturated heterocycles. The van der Waals surface area contributed by atoms with Gasteiger partial charge in [0.25, 0.3) is 0 Å². The molecule has 0 spiro atoms. The van der Waals surface area contributed by atoms with Crippen LogP contribution in [-0.4, -0.2) is 25.5 Å². The van der Waals surface area contributed by atoms with E-state index in [0.717, 1.165) is 11.1 Å². The summed E-state index contributed by atoms with van der Waals surface area (Å²) < 4.78 is 13.0. The van der Waals surface area contributed by atoms with Crippen LogP contribution in [0.1, 0.15) is 17.2 Å². The van der Waals surface area contributed by atoms with Crippen molar-refractivity contribution >= 4 is 0 Å². The molecule has 0 fully saturated rings. The van der Waals surface area contributed by atoms with Crippen LogP contribution in [0.15, 0.2) is 18.2 Å². The molecule has 1 aromatic carbocycles. The number of hydrogen-bond donors (Lipinski definition) is 1. The monoisotopic (exact) mass is 196 g/mol. The topological polar surface area (TPSA) is 29.3 Å². The standard InChI is InChI=1S/C11H17FN2/c1-8-4-5-9(12)6-10(8)11(7-13)14(2)3/h4-6,11H,7,13H2,1-3H3. The summed E-state index contributed by atoms with van der Waals surface area (Å²) in [5.74, 6) is -0.203. The van der Waals surface area contributed by atoms with Gasteiger partial charge in [-0.3, -0.25) is 0 Å². The molecule has 0 aliphatic carbocycles. The maximum atomic E-state index is 13.0. The van der Waals surface area contributed by atoms with Gasteiger partial charge in [0.1, 0.15) is 5.82 Å². The van der Waals surface area contributed by atoms with E-state index in [9.17, 15) is 4.39 Å². The van der Waals surface area contributed by atoms with Crippen LogP contribution in [0.3, 0.4) is 0 Å². The molecular weight excluding hydrogens is 179 g/mol. The minimum absolute atomic E-state index is 0.0886. The summed E-state index contributed by atoms with van der Waals surface area (Å²) in [6.07, 6.45) is 0. The Labute approximate surface area is 84.5 Å². The molecule has 3 heteroatoms. The van der Waals surface area contributed by atoms with Gasteiger partial charge in [-0.2, -0.15) is 0 Å². The molecule has 1 rings (SSSR count). The average molecular weight is 196 g/mol. The van der Waals surface area contributed by atoms with Crippen molar-refractivity contribution in [2.24, 2.45) is 5.73 Å². The molecule has 1 atom stereocenters. The fraction of sp³-hybridized carbons (Fsp3) is 0.455. The molecule has 14 heavy (non-hydrogen) atoms. The highest BCUT2D eigenvalue weighted by Gasteiger charge is 2.14. The Bertz CT molecular complexity index is 310. The number of benzene rings is 1. The molecule has 0 saturated carbocycles. The SMILES string of the molecule is Cc1ccc(F)cc1C(CN)N(C)C. The second kappa shape index (κ2) is 4.53. The van der Waals surface area contributed by atoms with E-state index in [-0.39, 0.29) is 11.9 Å². The molecule has 0 radical (unpaired) electrons. The summed E-state index contributed by atoms with van der Waals surface area (Å²) in [4.78, 5) is 2.00. The predicted octanol–water partition coefficient (Wildman–Crippen LogP) is 1.70. The van der Waals surface area contributed by atoms with Gasteiger partial charge < -0.3 is 10.6 Å². The molecule has 1 aromatic rings. The van der Waals surface area contributed by atoms with E-state index in [1.807, 2.05) is 25.9 Å². The number of hydrogen-bond acceptors (Lipinski definition) is 2. The lowest BCUT2D eigenvalue weighted by Crippen LogP contribution is -2.27. The fourth-order valence-electron chi connectivity index (χ4n) is 1.59. The smallest absolute Gasteiger partial charge is 0.123 e. The van der Waals surface area contributed by atoms with Gasteiger partial charge in [-0.1, -0.05) is 6.07 Å². The van der Waals surface area contributed by atoms with Crippen molar-refractivity contribution in [1.82, 2.24) is 4.90 Å². The second-order valence-electron chi connectivity index (χ2n) is 3.72. The Morgan fingerprint density at radius 2 is 2.07 bits per heavy atom. The van der Waals surface area contributed by atoms with Crippen LogP contribution in [-0.2, 0) is 0 Å². The summed E-state index contributed by atoms with van der Waals surface area (Å²) in [6.45, 7) is 2.47. The first-order chi connectivity index (χ1) is 6.56. The van der Waals surface area contributed by atoms with Crippen LogP contribution in [0.25, 0.3) is 0 Å². The Kier molecular flexibility index (Phi) is 3.61. The third-order valence-electron chi connectivity index (χ3n) is 2.45. The fourth-order valence-corrected chi connectivity index (χ4v) is 1.59. The maximum Gasteiger partial charge on any atom is 0.123 e. The Morgan fingerprint density at radius 1 is 1.43 bits per heavy atom. The molecule has 78 valence electrons. The molecule has 0 aliphatic heterocycles. The van der Waals surface area contributed by atoms with E-state index in [1.54, 1.807) is 12.1 Å². The van der Waals surface area contributed by atoms with Gasteiger partial charge in [0.15, 0.2) is 0 Å².